The summed E-state index contributed by atoms with van der Waals surface area (Å²) in [6.07, 6.45) is 3.86. The Balaban J connectivity index is 1.28. The average Bonchev–Trinajstić information content (AvgIpc) is 3.36. The van der Waals surface area contributed by atoms with E-state index in [1.807, 2.05) is 17.0 Å². The molecule has 1 unspecified atom stereocenters. The summed E-state index contributed by atoms with van der Waals surface area (Å²) in [6.45, 7) is 2.45. The summed E-state index contributed by atoms with van der Waals surface area (Å²) in [4.78, 5) is 33.1. The van der Waals surface area contributed by atoms with E-state index in [9.17, 15) is 18.0 Å². The highest BCUT2D eigenvalue weighted by atomic mass is 32.2. The molecule has 3 fully saturated rings. The number of carbonyl (C=O) groups excluding carboxylic acids is 2. The van der Waals surface area contributed by atoms with Crippen LogP contribution >= 0.6 is 0 Å². The zero-order valence-corrected chi connectivity index (χ0v) is 17.4. The fraction of sp³-hybridized carbons (Fsp3) is 0.476. The fourth-order valence-electron chi connectivity index (χ4n) is 4.68. The van der Waals surface area contributed by atoms with E-state index in [-0.39, 0.29) is 48.2 Å². The van der Waals surface area contributed by atoms with Crippen molar-refractivity contribution in [3.8, 4) is 0 Å². The zero-order valence-electron chi connectivity index (χ0n) is 16.6. The number of benzene rings is 1. The van der Waals surface area contributed by atoms with E-state index >= 15 is 0 Å². The minimum atomic E-state index is -3.69. The van der Waals surface area contributed by atoms with E-state index in [1.54, 1.807) is 29.3 Å². The maximum absolute atomic E-state index is 13.1. The van der Waals surface area contributed by atoms with Crippen molar-refractivity contribution in [3.63, 3.8) is 0 Å². The Kier molecular flexibility index (Phi) is 4.74. The van der Waals surface area contributed by atoms with Gasteiger partial charge in [0.2, 0.25) is 21.8 Å². The lowest BCUT2D eigenvalue weighted by Crippen LogP contribution is -2.61. The van der Waals surface area contributed by atoms with Crippen molar-refractivity contribution in [1.29, 1.82) is 0 Å². The predicted octanol–water partition coefficient (Wildman–Crippen LogP) is 1.08. The van der Waals surface area contributed by atoms with Crippen LogP contribution in [0.5, 0.6) is 0 Å². The van der Waals surface area contributed by atoms with Gasteiger partial charge in [0.25, 0.3) is 0 Å². The third kappa shape index (κ3) is 3.16. The van der Waals surface area contributed by atoms with E-state index < -0.39 is 10.0 Å². The molecular formula is C21H24N4O4S. The van der Waals surface area contributed by atoms with Gasteiger partial charge in [-0.3, -0.25) is 14.6 Å². The quantitative estimate of drug-likeness (QED) is 0.727. The number of sulfonamides is 1. The van der Waals surface area contributed by atoms with Crippen LogP contribution in [0.25, 0.3) is 10.9 Å². The van der Waals surface area contributed by atoms with Crippen molar-refractivity contribution < 1.29 is 18.0 Å². The number of amides is 2. The molecule has 0 N–H and O–H groups in total. The van der Waals surface area contributed by atoms with Gasteiger partial charge in [-0.15, -0.1) is 0 Å². The second kappa shape index (κ2) is 7.31. The molecule has 30 heavy (non-hydrogen) atoms. The van der Waals surface area contributed by atoms with Crippen molar-refractivity contribution in [2.45, 2.75) is 30.2 Å². The second-order valence-corrected chi connectivity index (χ2v) is 10.2. The molecule has 158 valence electrons. The van der Waals surface area contributed by atoms with Crippen LogP contribution in [0.15, 0.2) is 41.4 Å². The summed E-state index contributed by atoms with van der Waals surface area (Å²) >= 11 is 0. The largest absolute Gasteiger partial charge is 0.342 e. The predicted molar refractivity (Wildman–Crippen MR) is 110 cm³/mol. The van der Waals surface area contributed by atoms with Gasteiger partial charge in [-0.25, -0.2) is 8.42 Å². The molecular weight excluding hydrogens is 404 g/mol. The Bertz CT molecular complexity index is 1100. The molecule has 2 amide bonds. The van der Waals surface area contributed by atoms with E-state index in [0.29, 0.717) is 12.1 Å². The molecule has 3 aliphatic heterocycles. The zero-order chi connectivity index (χ0) is 20.9. The third-order valence-electron chi connectivity index (χ3n) is 6.41. The molecule has 0 radical (unpaired) electrons. The maximum Gasteiger partial charge on any atom is 0.245 e. The molecule has 8 nitrogen and oxygen atoms in total. The highest BCUT2D eigenvalue weighted by Gasteiger charge is 2.46. The highest BCUT2D eigenvalue weighted by molar-refractivity contribution is 7.89. The van der Waals surface area contributed by atoms with E-state index in [0.717, 1.165) is 31.3 Å². The van der Waals surface area contributed by atoms with E-state index in [1.165, 1.54) is 4.31 Å². The number of carbonyl (C=O) groups is 2. The van der Waals surface area contributed by atoms with Crippen molar-refractivity contribution in [2.24, 2.45) is 5.92 Å². The molecule has 0 saturated carbocycles. The topological polar surface area (TPSA) is 90.9 Å². The Morgan fingerprint density at radius 1 is 1.03 bits per heavy atom. The van der Waals surface area contributed by atoms with Crippen LogP contribution < -0.4 is 0 Å². The van der Waals surface area contributed by atoms with Crippen molar-refractivity contribution in [3.05, 3.63) is 36.5 Å². The van der Waals surface area contributed by atoms with Crippen molar-refractivity contribution >= 4 is 32.7 Å². The first kappa shape index (κ1) is 19.4. The van der Waals surface area contributed by atoms with Gasteiger partial charge >= 0.3 is 0 Å². The molecule has 5 rings (SSSR count). The Hall–Kier alpha value is -2.52. The number of hydrogen-bond acceptors (Lipinski definition) is 5. The number of likely N-dealkylation sites (tertiary alicyclic amines) is 2. The van der Waals surface area contributed by atoms with Gasteiger partial charge in [-0.1, -0.05) is 18.2 Å². The van der Waals surface area contributed by atoms with Crippen molar-refractivity contribution in [2.75, 3.05) is 32.7 Å². The first-order valence-corrected chi connectivity index (χ1v) is 11.8. The smallest absolute Gasteiger partial charge is 0.245 e. The van der Waals surface area contributed by atoms with Crippen LogP contribution in [0.4, 0.5) is 0 Å². The number of fused-ring (bicyclic) bond motifs is 1. The average molecular weight is 429 g/mol. The molecule has 3 aliphatic rings. The SMILES string of the molecule is O=C(C1CC(=O)N(C2CN(S(=O)(=O)c3cccc4cccnc34)C2)C1)N1CCCC1. The van der Waals surface area contributed by atoms with Gasteiger partial charge in [0.05, 0.1) is 17.5 Å². The number of rotatable bonds is 4. The third-order valence-corrected chi connectivity index (χ3v) is 8.27. The summed E-state index contributed by atoms with van der Waals surface area (Å²) in [5.41, 5.74) is 0.456. The lowest BCUT2D eigenvalue weighted by atomic mass is 10.1. The highest BCUT2D eigenvalue weighted by Crippen LogP contribution is 2.31. The standard InChI is InChI=1S/C21H24N4O4S/c26-19-11-16(21(27)23-9-1-2-10-23)12-25(19)17-13-24(14-17)30(28,29)18-7-3-5-15-6-4-8-22-20(15)18/h3-8,16-17H,1-2,9-14H2. The van der Waals surface area contributed by atoms with Crippen LogP contribution in [-0.2, 0) is 19.6 Å². The van der Waals surface area contributed by atoms with E-state index in [2.05, 4.69) is 4.98 Å². The maximum atomic E-state index is 13.1. The van der Waals surface area contributed by atoms with Gasteiger partial charge in [0, 0.05) is 50.7 Å². The molecule has 4 heterocycles. The molecule has 2 aromatic rings. The van der Waals surface area contributed by atoms with Gasteiger partial charge < -0.3 is 9.80 Å². The van der Waals surface area contributed by atoms with Crippen LogP contribution in [0.1, 0.15) is 19.3 Å². The van der Waals surface area contributed by atoms with Crippen LogP contribution in [0.3, 0.4) is 0 Å². The minimum absolute atomic E-state index is 0.0542. The van der Waals surface area contributed by atoms with E-state index in [4.69, 9.17) is 0 Å². The lowest BCUT2D eigenvalue weighted by molar-refractivity contribution is -0.135. The molecule has 1 aromatic carbocycles. The molecule has 0 aliphatic carbocycles. The number of hydrogen-bond donors (Lipinski definition) is 0. The molecule has 1 atom stereocenters. The summed E-state index contributed by atoms with van der Waals surface area (Å²) in [5.74, 6) is -0.293. The summed E-state index contributed by atoms with van der Waals surface area (Å²) in [7, 11) is -3.69. The van der Waals surface area contributed by atoms with Crippen LogP contribution in [0.2, 0.25) is 0 Å². The second-order valence-electron chi connectivity index (χ2n) is 8.29. The molecule has 9 heteroatoms. The van der Waals surface area contributed by atoms with Crippen LogP contribution in [0, 0.1) is 5.92 Å². The van der Waals surface area contributed by atoms with Gasteiger partial charge in [-0.05, 0) is 25.0 Å². The minimum Gasteiger partial charge on any atom is -0.342 e. The molecule has 1 aromatic heterocycles. The molecule has 0 bridgehead atoms. The van der Waals surface area contributed by atoms with Gasteiger partial charge in [-0.2, -0.15) is 4.31 Å². The first-order valence-electron chi connectivity index (χ1n) is 10.4. The summed E-state index contributed by atoms with van der Waals surface area (Å²) < 4.78 is 27.7. The fourth-order valence-corrected chi connectivity index (χ4v) is 6.36. The number of nitrogens with zero attached hydrogens (tertiary/aromatic N) is 4. The summed E-state index contributed by atoms with van der Waals surface area (Å²) in [6, 6.07) is 8.56. The van der Waals surface area contributed by atoms with Crippen LogP contribution in [-0.4, -0.2) is 78.1 Å². The number of para-hydroxylation sites is 1. The van der Waals surface area contributed by atoms with Gasteiger partial charge in [0.1, 0.15) is 4.90 Å². The monoisotopic (exact) mass is 428 g/mol. The molecule has 0 spiro atoms. The Morgan fingerprint density at radius 3 is 2.53 bits per heavy atom. The number of pyridine rings is 1. The normalized spacial score (nSPS) is 23.3. The molecule has 3 saturated heterocycles. The number of aromatic nitrogens is 1. The first-order chi connectivity index (χ1) is 14.4. The summed E-state index contributed by atoms with van der Waals surface area (Å²) in [5, 5.41) is 0.772. The van der Waals surface area contributed by atoms with Crippen molar-refractivity contribution in [1.82, 2.24) is 19.1 Å². The lowest BCUT2D eigenvalue weighted by Gasteiger charge is -2.43. The Labute approximate surface area is 175 Å². The Morgan fingerprint density at radius 2 is 1.77 bits per heavy atom. The van der Waals surface area contributed by atoms with Gasteiger partial charge in [0.15, 0.2) is 0 Å².